The van der Waals surface area contributed by atoms with Gasteiger partial charge in [0.25, 0.3) is 0 Å². The molecule has 1 saturated heterocycles. The van der Waals surface area contributed by atoms with E-state index in [9.17, 15) is 4.39 Å². The second-order valence-electron chi connectivity index (χ2n) is 5.19. The van der Waals surface area contributed by atoms with Crippen LogP contribution in [0.1, 0.15) is 25.3 Å². The van der Waals surface area contributed by atoms with Gasteiger partial charge < -0.3 is 4.90 Å². The Hall–Kier alpha value is -0.610. The lowest BCUT2D eigenvalue weighted by Crippen LogP contribution is -2.39. The molecule has 1 aliphatic heterocycles. The molecule has 1 unspecified atom stereocenters. The van der Waals surface area contributed by atoms with Crippen LogP contribution in [0.4, 0.5) is 10.1 Å². The van der Waals surface area contributed by atoms with Crippen LogP contribution in [0.2, 0.25) is 0 Å². The molecule has 106 valence electrons. The molecule has 1 aromatic rings. The number of anilines is 1. The smallest absolute Gasteiger partial charge is 0.146 e. The van der Waals surface area contributed by atoms with Gasteiger partial charge in [0.1, 0.15) is 5.82 Å². The Balaban J connectivity index is 2.13. The number of likely N-dealkylation sites (N-methyl/N-ethyl adjacent to an activating group) is 2. The van der Waals surface area contributed by atoms with Gasteiger partial charge in [0, 0.05) is 25.0 Å². The largest absolute Gasteiger partial charge is 0.370 e. The number of rotatable bonds is 5. The first-order valence-electron chi connectivity index (χ1n) is 6.96. The van der Waals surface area contributed by atoms with Crippen molar-refractivity contribution in [1.82, 2.24) is 4.90 Å². The number of para-hydroxylation sites is 1. The fourth-order valence-electron chi connectivity index (χ4n) is 3.02. The summed E-state index contributed by atoms with van der Waals surface area (Å²) < 4.78 is 14.1. The van der Waals surface area contributed by atoms with Crippen molar-refractivity contribution in [3.8, 4) is 0 Å². The molecule has 1 atom stereocenters. The summed E-state index contributed by atoms with van der Waals surface area (Å²) in [5.41, 5.74) is 1.76. The topological polar surface area (TPSA) is 6.48 Å². The van der Waals surface area contributed by atoms with E-state index >= 15 is 0 Å². The van der Waals surface area contributed by atoms with Gasteiger partial charge in [0.05, 0.1) is 5.69 Å². The van der Waals surface area contributed by atoms with Crippen LogP contribution in [0.25, 0.3) is 0 Å². The molecule has 2 rings (SSSR count). The predicted octanol–water partition coefficient (Wildman–Crippen LogP) is 3.64. The highest BCUT2D eigenvalue weighted by Crippen LogP contribution is 2.27. The Morgan fingerprint density at radius 1 is 1.47 bits per heavy atom. The fourth-order valence-corrected chi connectivity index (χ4v) is 3.47. The van der Waals surface area contributed by atoms with Crippen molar-refractivity contribution in [3.05, 3.63) is 29.6 Å². The van der Waals surface area contributed by atoms with Crippen molar-refractivity contribution in [3.63, 3.8) is 0 Å². The molecule has 0 radical (unpaired) electrons. The molecule has 0 bridgehead atoms. The third-order valence-corrected chi connectivity index (χ3v) is 4.59. The molecular weight excluding hydrogens is 307 g/mol. The third-order valence-electron chi connectivity index (χ3n) is 3.99. The molecular formula is C15H22BrFN2. The second-order valence-corrected chi connectivity index (χ2v) is 5.75. The highest BCUT2D eigenvalue weighted by Gasteiger charge is 2.25. The van der Waals surface area contributed by atoms with Crippen molar-refractivity contribution < 1.29 is 4.39 Å². The molecule has 1 aromatic carbocycles. The van der Waals surface area contributed by atoms with Crippen molar-refractivity contribution in [2.24, 2.45) is 0 Å². The minimum atomic E-state index is -0.125. The monoisotopic (exact) mass is 328 g/mol. The zero-order valence-electron chi connectivity index (χ0n) is 11.7. The Morgan fingerprint density at radius 3 is 2.95 bits per heavy atom. The van der Waals surface area contributed by atoms with Gasteiger partial charge in [-0.05, 0) is 37.6 Å². The maximum atomic E-state index is 14.1. The highest BCUT2D eigenvalue weighted by atomic mass is 79.9. The summed E-state index contributed by atoms with van der Waals surface area (Å²) in [6.07, 6.45) is 2.48. The molecule has 1 aliphatic rings. The fraction of sp³-hybridized carbons (Fsp3) is 0.600. The molecule has 19 heavy (non-hydrogen) atoms. The van der Waals surface area contributed by atoms with E-state index < -0.39 is 0 Å². The normalized spacial score (nSPS) is 19.9. The van der Waals surface area contributed by atoms with Gasteiger partial charge in [0.2, 0.25) is 0 Å². The second kappa shape index (κ2) is 6.71. The van der Waals surface area contributed by atoms with Crippen LogP contribution in [-0.2, 0) is 5.33 Å². The van der Waals surface area contributed by atoms with E-state index in [2.05, 4.69) is 32.7 Å². The summed E-state index contributed by atoms with van der Waals surface area (Å²) >= 11 is 3.45. The average molecular weight is 329 g/mol. The van der Waals surface area contributed by atoms with Crippen LogP contribution < -0.4 is 4.90 Å². The zero-order valence-corrected chi connectivity index (χ0v) is 13.3. The summed E-state index contributed by atoms with van der Waals surface area (Å²) in [4.78, 5) is 4.57. The van der Waals surface area contributed by atoms with Gasteiger partial charge in [-0.25, -0.2) is 4.39 Å². The van der Waals surface area contributed by atoms with Gasteiger partial charge in [0.15, 0.2) is 0 Å². The third kappa shape index (κ3) is 3.29. The standard InChI is InChI=1S/C15H22BrFN2/c1-3-19-9-5-7-13(19)11-18(2)15-12(10-16)6-4-8-14(15)17/h4,6,8,13H,3,5,7,9-11H2,1-2H3. The van der Waals surface area contributed by atoms with Crippen molar-refractivity contribution >= 4 is 21.6 Å². The van der Waals surface area contributed by atoms with Crippen LogP contribution in [0.5, 0.6) is 0 Å². The molecule has 1 fully saturated rings. The van der Waals surface area contributed by atoms with E-state index in [1.807, 2.05) is 13.1 Å². The molecule has 0 aliphatic carbocycles. The number of likely N-dealkylation sites (tertiary alicyclic amines) is 1. The molecule has 4 heteroatoms. The average Bonchev–Trinajstić information content (AvgIpc) is 2.85. The van der Waals surface area contributed by atoms with Crippen LogP contribution in [0.3, 0.4) is 0 Å². The lowest BCUT2D eigenvalue weighted by atomic mass is 10.1. The summed E-state index contributed by atoms with van der Waals surface area (Å²) in [5, 5.41) is 0.687. The number of hydrogen-bond acceptors (Lipinski definition) is 2. The zero-order chi connectivity index (χ0) is 13.8. The molecule has 1 heterocycles. The number of halogens is 2. The van der Waals surface area contributed by atoms with Crippen molar-refractivity contribution in [2.75, 3.05) is 31.6 Å². The minimum absolute atomic E-state index is 0.125. The first-order chi connectivity index (χ1) is 9.17. The number of benzene rings is 1. The van der Waals surface area contributed by atoms with E-state index in [0.717, 1.165) is 24.3 Å². The van der Waals surface area contributed by atoms with Crippen LogP contribution in [0.15, 0.2) is 18.2 Å². The maximum absolute atomic E-state index is 14.1. The molecule has 0 saturated carbocycles. The summed E-state index contributed by atoms with van der Waals surface area (Å²) in [7, 11) is 2.00. The lowest BCUT2D eigenvalue weighted by Gasteiger charge is -2.30. The quantitative estimate of drug-likeness (QED) is 0.761. The predicted molar refractivity (Wildman–Crippen MR) is 82.6 cm³/mol. The molecule has 0 N–H and O–H groups in total. The number of nitrogens with zero attached hydrogens (tertiary/aromatic N) is 2. The van der Waals surface area contributed by atoms with E-state index in [1.54, 1.807) is 12.1 Å². The SMILES string of the molecule is CCN1CCCC1CN(C)c1c(F)cccc1CBr. The van der Waals surface area contributed by atoms with Gasteiger partial charge in [-0.15, -0.1) is 0 Å². The van der Waals surface area contributed by atoms with Gasteiger partial charge in [-0.1, -0.05) is 35.0 Å². The van der Waals surface area contributed by atoms with E-state index in [1.165, 1.54) is 19.4 Å². The van der Waals surface area contributed by atoms with Crippen LogP contribution in [-0.4, -0.2) is 37.6 Å². The molecule has 0 spiro atoms. The van der Waals surface area contributed by atoms with Gasteiger partial charge >= 0.3 is 0 Å². The summed E-state index contributed by atoms with van der Waals surface area (Å²) in [6, 6.07) is 5.86. The summed E-state index contributed by atoms with van der Waals surface area (Å²) in [5.74, 6) is -0.125. The number of alkyl halides is 1. The summed E-state index contributed by atoms with van der Waals surface area (Å²) in [6.45, 7) is 5.36. The number of hydrogen-bond donors (Lipinski definition) is 0. The van der Waals surface area contributed by atoms with Gasteiger partial charge in [-0.3, -0.25) is 4.90 Å². The van der Waals surface area contributed by atoms with E-state index in [4.69, 9.17) is 0 Å². The Kier molecular flexibility index (Phi) is 5.22. The Morgan fingerprint density at radius 2 is 2.26 bits per heavy atom. The van der Waals surface area contributed by atoms with Crippen molar-refractivity contribution in [2.45, 2.75) is 31.1 Å². The Bertz CT molecular complexity index is 425. The Labute approximate surface area is 123 Å². The van der Waals surface area contributed by atoms with Crippen LogP contribution in [0, 0.1) is 5.82 Å². The van der Waals surface area contributed by atoms with Gasteiger partial charge in [-0.2, -0.15) is 0 Å². The maximum Gasteiger partial charge on any atom is 0.146 e. The molecule has 2 nitrogen and oxygen atoms in total. The van der Waals surface area contributed by atoms with E-state index in [0.29, 0.717) is 11.4 Å². The lowest BCUT2D eigenvalue weighted by molar-refractivity contribution is 0.270. The van der Waals surface area contributed by atoms with E-state index in [-0.39, 0.29) is 5.82 Å². The van der Waals surface area contributed by atoms with Crippen LogP contribution >= 0.6 is 15.9 Å². The van der Waals surface area contributed by atoms with Crippen molar-refractivity contribution in [1.29, 1.82) is 0 Å². The first kappa shape index (κ1) is 14.8. The highest BCUT2D eigenvalue weighted by molar-refractivity contribution is 9.08. The molecule has 0 aromatic heterocycles. The minimum Gasteiger partial charge on any atom is -0.370 e. The molecule has 0 amide bonds. The first-order valence-corrected chi connectivity index (χ1v) is 8.08.